The molecule has 2 atom stereocenters. The van der Waals surface area contributed by atoms with Crippen LogP contribution in [0, 0.1) is 0 Å². The lowest BCUT2D eigenvalue weighted by molar-refractivity contribution is -0.132. The maximum Gasteiger partial charge on any atom is 0.227 e. The first-order valence-electron chi connectivity index (χ1n) is 10.8. The van der Waals surface area contributed by atoms with Gasteiger partial charge in [0.2, 0.25) is 5.91 Å². The minimum Gasteiger partial charge on any atom is -0.331 e. The SMILES string of the molecule is C=S1C=CC(N(Cc2cccc(B(C)C)c2)C(=O)Cc2ccc(-n3cccc3)cc2)C1. The molecule has 4 rings (SSSR count). The van der Waals surface area contributed by atoms with Gasteiger partial charge in [0.05, 0.1) is 12.5 Å². The minimum atomic E-state index is -0.00376. The van der Waals surface area contributed by atoms with Gasteiger partial charge in [0, 0.05) is 30.4 Å². The van der Waals surface area contributed by atoms with E-state index in [1.807, 2.05) is 29.4 Å². The van der Waals surface area contributed by atoms with Crippen molar-refractivity contribution in [1.29, 1.82) is 0 Å². The van der Waals surface area contributed by atoms with E-state index in [-0.39, 0.29) is 22.4 Å². The van der Waals surface area contributed by atoms with Crippen molar-refractivity contribution in [2.45, 2.75) is 32.7 Å². The Morgan fingerprint density at radius 3 is 2.48 bits per heavy atom. The Morgan fingerprint density at radius 2 is 1.84 bits per heavy atom. The highest BCUT2D eigenvalue weighted by Crippen LogP contribution is 2.26. The van der Waals surface area contributed by atoms with E-state index in [0.29, 0.717) is 19.7 Å². The zero-order chi connectivity index (χ0) is 21.8. The lowest BCUT2D eigenvalue weighted by Gasteiger charge is -2.29. The van der Waals surface area contributed by atoms with Crippen LogP contribution in [0.15, 0.2) is 84.5 Å². The molecule has 0 radical (unpaired) electrons. The Labute approximate surface area is 188 Å². The average Bonchev–Trinajstić information content (AvgIpc) is 3.45. The van der Waals surface area contributed by atoms with Crippen LogP contribution in [0.1, 0.15) is 11.1 Å². The Bertz CT molecular complexity index is 1090. The molecule has 158 valence electrons. The third-order valence-electron chi connectivity index (χ3n) is 5.76. The van der Waals surface area contributed by atoms with E-state index in [2.05, 4.69) is 84.1 Å². The second kappa shape index (κ2) is 9.57. The lowest BCUT2D eigenvalue weighted by Crippen LogP contribution is -2.40. The standard InChI is InChI=1S/C26H29BN2OS/c1-27(2)23-8-6-7-22(17-23)19-29(25-13-16-31(3)20-25)26(30)18-21-9-11-24(12-10-21)28-14-4-5-15-28/h4-17,25H,3,18-20H2,1-2H3. The van der Waals surface area contributed by atoms with Gasteiger partial charge in [0.15, 0.2) is 6.71 Å². The third kappa shape index (κ3) is 5.29. The number of nitrogens with zero attached hydrogens (tertiary/aromatic N) is 2. The second-order valence-electron chi connectivity index (χ2n) is 8.45. The van der Waals surface area contributed by atoms with Gasteiger partial charge in [-0.2, -0.15) is 10.5 Å². The summed E-state index contributed by atoms with van der Waals surface area (Å²) in [6, 6.07) is 21.0. The molecule has 31 heavy (non-hydrogen) atoms. The first-order valence-corrected chi connectivity index (χ1v) is 12.4. The molecular formula is C26H29BN2OS. The topological polar surface area (TPSA) is 25.2 Å². The predicted molar refractivity (Wildman–Crippen MR) is 136 cm³/mol. The number of carbonyl (C=O) groups is 1. The first kappa shape index (κ1) is 21.4. The van der Waals surface area contributed by atoms with Gasteiger partial charge in [-0.25, -0.2) is 0 Å². The van der Waals surface area contributed by atoms with Crippen LogP contribution in [0.3, 0.4) is 0 Å². The van der Waals surface area contributed by atoms with E-state index >= 15 is 0 Å². The zero-order valence-corrected chi connectivity index (χ0v) is 19.1. The maximum atomic E-state index is 13.4. The molecule has 0 fully saturated rings. The van der Waals surface area contributed by atoms with Crippen molar-refractivity contribution in [1.82, 2.24) is 9.47 Å². The van der Waals surface area contributed by atoms with Crippen LogP contribution in [0.25, 0.3) is 5.69 Å². The fourth-order valence-corrected chi connectivity index (χ4v) is 5.18. The minimum absolute atomic E-state index is 0.00376. The molecule has 0 bridgehead atoms. The molecule has 0 saturated carbocycles. The molecule has 0 N–H and O–H groups in total. The van der Waals surface area contributed by atoms with E-state index in [0.717, 1.165) is 17.0 Å². The van der Waals surface area contributed by atoms with Crippen LogP contribution in [-0.4, -0.2) is 39.8 Å². The van der Waals surface area contributed by atoms with E-state index < -0.39 is 0 Å². The number of benzene rings is 2. The van der Waals surface area contributed by atoms with Gasteiger partial charge >= 0.3 is 0 Å². The highest BCUT2D eigenvalue weighted by molar-refractivity contribution is 8.16. The van der Waals surface area contributed by atoms with Crippen LogP contribution < -0.4 is 5.46 Å². The van der Waals surface area contributed by atoms with Gasteiger partial charge in [-0.3, -0.25) is 4.79 Å². The van der Waals surface area contributed by atoms with Crippen molar-refractivity contribution < 1.29 is 4.79 Å². The van der Waals surface area contributed by atoms with E-state index in [9.17, 15) is 4.79 Å². The van der Waals surface area contributed by atoms with E-state index in [1.165, 1.54) is 11.0 Å². The molecule has 1 amide bonds. The Morgan fingerprint density at radius 1 is 1.10 bits per heavy atom. The summed E-state index contributed by atoms with van der Waals surface area (Å²) in [5, 5.41) is 2.15. The number of rotatable bonds is 7. The maximum absolute atomic E-state index is 13.4. The van der Waals surface area contributed by atoms with Gasteiger partial charge < -0.3 is 9.47 Å². The first-order chi connectivity index (χ1) is 15.0. The largest absolute Gasteiger partial charge is 0.331 e. The zero-order valence-electron chi connectivity index (χ0n) is 18.3. The Hall–Kier alpha value is -2.79. The highest BCUT2D eigenvalue weighted by atomic mass is 32.2. The molecule has 0 spiro atoms. The number of hydrogen-bond donors (Lipinski definition) is 0. The highest BCUT2D eigenvalue weighted by Gasteiger charge is 2.25. The van der Waals surface area contributed by atoms with Gasteiger partial charge in [-0.05, 0) is 40.8 Å². The quantitative estimate of drug-likeness (QED) is 0.399. The van der Waals surface area contributed by atoms with Crippen molar-refractivity contribution in [3.8, 4) is 5.69 Å². The molecule has 5 heteroatoms. The number of aromatic nitrogens is 1. The van der Waals surface area contributed by atoms with Gasteiger partial charge in [0.25, 0.3) is 0 Å². The van der Waals surface area contributed by atoms with Gasteiger partial charge in [-0.15, -0.1) is 0 Å². The summed E-state index contributed by atoms with van der Waals surface area (Å²) >= 11 is 0. The molecular weight excluding hydrogens is 399 g/mol. The van der Waals surface area contributed by atoms with Crippen LogP contribution in [0.2, 0.25) is 13.6 Å². The summed E-state index contributed by atoms with van der Waals surface area (Å²) in [5.41, 5.74) is 4.64. The molecule has 2 heterocycles. The summed E-state index contributed by atoms with van der Waals surface area (Å²) in [5.74, 6) is 5.28. The summed E-state index contributed by atoms with van der Waals surface area (Å²) in [6.45, 7) is 5.51. The average molecular weight is 428 g/mol. The molecule has 1 aromatic heterocycles. The molecule has 1 aliphatic rings. The lowest BCUT2D eigenvalue weighted by atomic mass is 9.49. The van der Waals surface area contributed by atoms with Crippen LogP contribution >= 0.6 is 10.5 Å². The van der Waals surface area contributed by atoms with Gasteiger partial charge in [-0.1, -0.05) is 67.5 Å². The van der Waals surface area contributed by atoms with Crippen LogP contribution in [0.4, 0.5) is 0 Å². The number of carbonyl (C=O) groups excluding carboxylic acids is 1. The van der Waals surface area contributed by atoms with Crippen molar-refractivity contribution in [2.75, 3.05) is 5.75 Å². The fraction of sp³-hybridized carbons (Fsp3) is 0.231. The number of hydrogen-bond acceptors (Lipinski definition) is 1. The molecule has 3 aromatic rings. The molecule has 1 aliphatic heterocycles. The normalized spacial score (nSPS) is 17.6. The smallest absolute Gasteiger partial charge is 0.227 e. The molecule has 2 aromatic carbocycles. The van der Waals surface area contributed by atoms with Gasteiger partial charge in [0.1, 0.15) is 0 Å². The molecule has 3 nitrogen and oxygen atoms in total. The Kier molecular flexibility index (Phi) is 6.62. The predicted octanol–water partition coefficient (Wildman–Crippen LogP) is 4.61. The summed E-state index contributed by atoms with van der Waals surface area (Å²) in [7, 11) is -0.00376. The molecule has 0 aliphatic carbocycles. The summed E-state index contributed by atoms with van der Waals surface area (Å²) < 4.78 is 2.07. The fourth-order valence-electron chi connectivity index (χ4n) is 3.93. The Balaban J connectivity index is 1.52. The van der Waals surface area contributed by atoms with Crippen molar-refractivity contribution >= 4 is 34.4 Å². The molecule has 2 unspecified atom stereocenters. The van der Waals surface area contributed by atoms with Crippen LogP contribution in [0.5, 0.6) is 0 Å². The van der Waals surface area contributed by atoms with Crippen molar-refractivity contribution in [3.05, 3.63) is 95.7 Å². The van der Waals surface area contributed by atoms with Crippen molar-refractivity contribution in [2.24, 2.45) is 0 Å². The summed E-state index contributed by atoms with van der Waals surface area (Å²) in [6.07, 6.45) is 6.62. The third-order valence-corrected chi connectivity index (χ3v) is 7.08. The van der Waals surface area contributed by atoms with E-state index in [1.54, 1.807) is 0 Å². The van der Waals surface area contributed by atoms with E-state index in [4.69, 9.17) is 0 Å². The second-order valence-corrected chi connectivity index (χ2v) is 10.1. The monoisotopic (exact) mass is 428 g/mol. The number of amides is 1. The van der Waals surface area contributed by atoms with Crippen molar-refractivity contribution in [3.63, 3.8) is 0 Å². The molecule has 0 saturated heterocycles. The summed E-state index contributed by atoms with van der Waals surface area (Å²) in [4.78, 5) is 15.4. The van der Waals surface area contributed by atoms with Crippen LogP contribution in [-0.2, 0) is 17.8 Å².